The van der Waals surface area contributed by atoms with Crippen LogP contribution in [0.25, 0.3) is 32.4 Å². The maximum Gasteiger partial charge on any atom is 0.255 e. The number of fused-ring (bicyclic) bond motifs is 2. The Labute approximate surface area is 431 Å². The molecule has 0 aliphatic carbocycles. The Morgan fingerprint density at radius 2 is 1.66 bits per heavy atom. The van der Waals surface area contributed by atoms with Crippen LogP contribution in [-0.4, -0.2) is 114 Å². The number of nitrogens with zero attached hydrogens (tertiary/aromatic N) is 6. The third kappa shape index (κ3) is 14.0. The molecular weight excluding hydrogens is 943 g/mol. The first-order valence-electron chi connectivity index (χ1n) is 25.8. The van der Waals surface area contributed by atoms with E-state index in [1.54, 1.807) is 28.3 Å². The number of aliphatic hydroxyl groups is 1. The third-order valence-electron chi connectivity index (χ3n) is 14.2. The number of imidazole rings is 1. The highest BCUT2D eigenvalue weighted by atomic mass is 32.1. The molecule has 8 rings (SSSR count). The van der Waals surface area contributed by atoms with Crippen LogP contribution in [-0.2, 0) is 39.3 Å². The van der Waals surface area contributed by atoms with Crippen LogP contribution in [0.5, 0.6) is 0 Å². The Hall–Kier alpha value is -6.50. The molecule has 2 saturated heterocycles. The predicted molar refractivity (Wildman–Crippen MR) is 284 cm³/mol. The predicted octanol–water partition coefficient (Wildman–Crippen LogP) is 7.39. The lowest BCUT2D eigenvalue weighted by Gasteiger charge is -2.35. The molecule has 0 radical (unpaired) electrons. The summed E-state index contributed by atoms with van der Waals surface area (Å²) >= 11 is 1.58. The number of rotatable bonds is 22. The first kappa shape index (κ1) is 52.8. The number of thiazole rings is 1. The van der Waals surface area contributed by atoms with Gasteiger partial charge in [-0.25, -0.2) is 9.97 Å². The van der Waals surface area contributed by atoms with Gasteiger partial charge in [0.25, 0.3) is 5.91 Å². The van der Waals surface area contributed by atoms with Crippen molar-refractivity contribution in [3.05, 3.63) is 95.0 Å². The molecule has 6 N–H and O–H groups in total. The molecule has 0 spiro atoms. The molecule has 6 aromatic rings. The van der Waals surface area contributed by atoms with E-state index in [1.807, 2.05) is 94.9 Å². The number of β-amino-alcohol motifs (C(OH)–C–C–N with tert-alkyl or cyclic N) is 1. The first-order chi connectivity index (χ1) is 35.1. The first-order valence-corrected chi connectivity index (χ1v) is 26.7. The molecule has 17 nitrogen and oxygen atoms in total. The van der Waals surface area contributed by atoms with Gasteiger partial charge in [0, 0.05) is 69.1 Å². The number of hydrogen-bond acceptors (Lipinski definition) is 11. The molecule has 5 amide bonds. The molecule has 2 aliphatic rings. The maximum absolute atomic E-state index is 14.0. The largest absolute Gasteiger partial charge is 0.391 e. The number of benzene rings is 3. The molecule has 18 heteroatoms. The van der Waals surface area contributed by atoms with Gasteiger partial charge in [-0.2, -0.15) is 5.10 Å². The lowest BCUT2D eigenvalue weighted by Crippen LogP contribution is -2.57. The Kier molecular flexibility index (Phi) is 17.4. The second-order valence-electron chi connectivity index (χ2n) is 21.0. The van der Waals surface area contributed by atoms with E-state index in [0.717, 1.165) is 107 Å². The quantitative estimate of drug-likeness (QED) is 0.0371. The molecule has 0 bridgehead atoms. The molecule has 4 atom stereocenters. The number of unbranched alkanes of at least 4 members (excludes halogenated alkanes) is 5. The van der Waals surface area contributed by atoms with Gasteiger partial charge in [-0.05, 0) is 98.0 Å². The second-order valence-corrected chi connectivity index (χ2v) is 21.9. The number of carbonyl (C=O) groups is 5. The van der Waals surface area contributed by atoms with Gasteiger partial charge in [-0.15, -0.1) is 11.3 Å². The number of aryl methyl sites for hydroxylation is 2. The molecule has 2 fully saturated rings. The van der Waals surface area contributed by atoms with E-state index >= 15 is 0 Å². The number of nitrogens with one attached hydrogen (secondary N) is 5. The van der Waals surface area contributed by atoms with Crippen LogP contribution in [0.15, 0.2) is 72.4 Å². The minimum absolute atomic E-state index is 0.0251. The Morgan fingerprint density at radius 1 is 0.904 bits per heavy atom. The Bertz CT molecular complexity index is 2890. The van der Waals surface area contributed by atoms with Crippen LogP contribution < -0.4 is 21.3 Å². The molecule has 73 heavy (non-hydrogen) atoms. The van der Waals surface area contributed by atoms with Gasteiger partial charge >= 0.3 is 0 Å². The van der Waals surface area contributed by atoms with E-state index in [-0.39, 0.29) is 55.5 Å². The standard InChI is InChI=1S/C55H71N11O6S/c1-35-50(73-34-58-35)38-16-14-36(15-17-38)29-57-53(71)46-28-42(67)32-66(46)54(72)51(55(2,3)4)63-49(69)13-11-9-7-6-8-10-12-48(68)56-24-22-37-23-25-65(31-37)33-47-61-43-20-19-41(27-44(43)62-47)60-52(70)39-18-21-45-40(26-39)30-59-64(45)5/h14-21,26-27,30,34,37,42,46,51,67H,6-13,22-25,28-29,31-33H2,1-5H3,(H,56,68)(H,57,71)(H,60,70)(H,61,62)(H,63,69)/t37?,42-,46+,51-/m1/s1. The minimum Gasteiger partial charge on any atom is -0.391 e. The fraction of sp³-hybridized carbons (Fsp3) is 0.491. The number of amides is 5. The maximum atomic E-state index is 14.0. The van der Waals surface area contributed by atoms with E-state index in [0.29, 0.717) is 43.1 Å². The van der Waals surface area contributed by atoms with Gasteiger partial charge in [-0.3, -0.25) is 33.6 Å². The van der Waals surface area contributed by atoms with Gasteiger partial charge in [0.2, 0.25) is 23.6 Å². The smallest absolute Gasteiger partial charge is 0.255 e. The minimum atomic E-state index is -0.863. The highest BCUT2D eigenvalue weighted by Gasteiger charge is 2.44. The highest BCUT2D eigenvalue weighted by Crippen LogP contribution is 2.29. The van der Waals surface area contributed by atoms with Gasteiger partial charge in [0.1, 0.15) is 17.9 Å². The average Bonchev–Trinajstić information content (AvgIpc) is 4.23. The van der Waals surface area contributed by atoms with E-state index in [1.165, 1.54) is 4.90 Å². The Balaban J connectivity index is 0.669. The van der Waals surface area contributed by atoms with E-state index < -0.39 is 23.6 Å². The lowest BCUT2D eigenvalue weighted by atomic mass is 9.85. The van der Waals surface area contributed by atoms with Crippen LogP contribution in [0.1, 0.15) is 119 Å². The van der Waals surface area contributed by atoms with Crippen LogP contribution in [0.3, 0.4) is 0 Å². The molecule has 388 valence electrons. The molecule has 5 heterocycles. The number of hydrogen-bond donors (Lipinski definition) is 6. The zero-order valence-corrected chi connectivity index (χ0v) is 43.7. The average molecular weight is 1010 g/mol. The second kappa shape index (κ2) is 24.0. The topological polar surface area (TPSA) is 220 Å². The molecule has 0 saturated carbocycles. The summed E-state index contributed by atoms with van der Waals surface area (Å²) < 4.78 is 1.78. The number of H-pyrrole nitrogens is 1. The Morgan fingerprint density at radius 3 is 2.40 bits per heavy atom. The van der Waals surface area contributed by atoms with Gasteiger partial charge in [0.15, 0.2) is 0 Å². The summed E-state index contributed by atoms with van der Waals surface area (Å²) in [5.41, 5.74) is 8.08. The lowest BCUT2D eigenvalue weighted by molar-refractivity contribution is -0.144. The van der Waals surface area contributed by atoms with Gasteiger partial charge in [0.05, 0.1) is 51.5 Å². The summed E-state index contributed by atoms with van der Waals surface area (Å²) in [6.07, 6.45) is 9.06. The molecule has 1 unspecified atom stereocenters. The summed E-state index contributed by atoms with van der Waals surface area (Å²) in [7, 11) is 1.88. The zero-order chi connectivity index (χ0) is 51.6. The molecule has 3 aromatic heterocycles. The van der Waals surface area contributed by atoms with Crippen molar-refractivity contribution in [1.29, 1.82) is 0 Å². The van der Waals surface area contributed by atoms with Crippen molar-refractivity contribution in [3.8, 4) is 10.4 Å². The number of anilines is 1. The molecule has 2 aliphatic heterocycles. The fourth-order valence-corrected chi connectivity index (χ4v) is 10.8. The summed E-state index contributed by atoms with van der Waals surface area (Å²) in [6.45, 7) is 11.2. The van der Waals surface area contributed by atoms with Gasteiger partial charge in [-0.1, -0.05) is 70.7 Å². The summed E-state index contributed by atoms with van der Waals surface area (Å²) in [5.74, 6) is 0.365. The van der Waals surface area contributed by atoms with Crippen molar-refractivity contribution >= 4 is 68.5 Å². The van der Waals surface area contributed by atoms with E-state index in [2.05, 4.69) is 41.2 Å². The normalized spacial score (nSPS) is 17.6. The number of aliphatic hydroxyl groups excluding tert-OH is 1. The van der Waals surface area contributed by atoms with Crippen LogP contribution in [0.2, 0.25) is 0 Å². The van der Waals surface area contributed by atoms with Crippen LogP contribution in [0, 0.1) is 18.3 Å². The van der Waals surface area contributed by atoms with Crippen molar-refractivity contribution in [2.45, 2.75) is 130 Å². The van der Waals surface area contributed by atoms with Gasteiger partial charge < -0.3 is 36.3 Å². The molecular formula is C55H71N11O6S. The van der Waals surface area contributed by atoms with Crippen LogP contribution in [0.4, 0.5) is 5.69 Å². The van der Waals surface area contributed by atoms with Crippen molar-refractivity contribution in [2.24, 2.45) is 18.4 Å². The van der Waals surface area contributed by atoms with Crippen molar-refractivity contribution in [1.82, 2.24) is 50.5 Å². The SMILES string of the molecule is Cc1ncsc1-c1ccc(CNC(=O)[C@@H]2C[C@@H](O)CN2C(=O)[C@@H](NC(=O)CCCCCCCCC(=O)NCCC2CCN(Cc3nc4ccc(NC(=O)c5ccc6c(cnn6C)c5)cc4[nH]3)C2)C(C)(C)C)cc1. The van der Waals surface area contributed by atoms with Crippen molar-refractivity contribution < 1.29 is 29.1 Å². The molecule has 3 aromatic carbocycles. The van der Waals surface area contributed by atoms with E-state index in [4.69, 9.17) is 4.98 Å². The number of carbonyl (C=O) groups excluding carboxylic acids is 5. The number of aromatic nitrogens is 5. The zero-order valence-electron chi connectivity index (χ0n) is 42.8. The monoisotopic (exact) mass is 1010 g/mol. The summed E-state index contributed by atoms with van der Waals surface area (Å²) in [6, 6.07) is 17.5. The summed E-state index contributed by atoms with van der Waals surface area (Å²) in [4.78, 5) is 83.8. The van der Waals surface area contributed by atoms with Crippen molar-refractivity contribution in [3.63, 3.8) is 0 Å². The third-order valence-corrected chi connectivity index (χ3v) is 15.2. The van der Waals surface area contributed by atoms with Crippen LogP contribution >= 0.6 is 11.3 Å². The summed E-state index contributed by atoms with van der Waals surface area (Å²) in [5, 5.41) is 27.8. The number of likely N-dealkylation sites (tertiary alicyclic amines) is 2. The highest BCUT2D eigenvalue weighted by molar-refractivity contribution is 7.13. The number of aromatic amines is 1. The van der Waals surface area contributed by atoms with Crippen molar-refractivity contribution in [2.75, 3.05) is 31.5 Å². The van der Waals surface area contributed by atoms with E-state index in [9.17, 15) is 29.1 Å². The fourth-order valence-electron chi connectivity index (χ4n) is 10.0.